The van der Waals surface area contributed by atoms with Crippen molar-refractivity contribution in [3.8, 4) is 5.75 Å². The number of benzene rings is 1. The van der Waals surface area contributed by atoms with E-state index in [1.807, 2.05) is 27.8 Å². The van der Waals surface area contributed by atoms with Gasteiger partial charge in [0.15, 0.2) is 0 Å². The lowest BCUT2D eigenvalue weighted by Gasteiger charge is -2.50. The summed E-state index contributed by atoms with van der Waals surface area (Å²) in [7, 11) is 2.85. The lowest BCUT2D eigenvalue weighted by molar-refractivity contribution is -0.457. The van der Waals surface area contributed by atoms with Crippen LogP contribution in [-0.2, 0) is 20.4 Å². The molecule has 1 amide bonds. The highest BCUT2D eigenvalue weighted by molar-refractivity contribution is 8.76. The van der Waals surface area contributed by atoms with Crippen molar-refractivity contribution < 1.29 is 63.0 Å². The molecule has 1 aromatic rings. The average molecular weight is 941 g/mol. The third-order valence-electron chi connectivity index (χ3n) is 13.0. The van der Waals surface area contributed by atoms with Gasteiger partial charge in [0.05, 0.1) is 19.3 Å². The van der Waals surface area contributed by atoms with Crippen molar-refractivity contribution in [3.05, 3.63) is 29.3 Å². The van der Waals surface area contributed by atoms with Crippen molar-refractivity contribution in [3.63, 3.8) is 0 Å². The number of carbonyl (C=O) groups excluding carboxylic acids is 1. The van der Waals surface area contributed by atoms with Crippen LogP contribution in [0.5, 0.6) is 5.75 Å². The SMILES string of the molecule is CCCP(OCCCN(C(=O)Oc1ccc2c(c1)CC[C@@H]1[C@@H]2CC[C@]2(C)[C@@H](OCCCOC(C(F)(F)F)(C(F)(F)F)C(F)(F)F)CC[C@@H]12)C1CCSSC1)N(C(C)C)C(C)C. The lowest BCUT2D eigenvalue weighted by Crippen LogP contribution is -2.67. The monoisotopic (exact) mass is 940 g/mol. The van der Waals surface area contributed by atoms with Gasteiger partial charge >= 0.3 is 30.2 Å². The van der Waals surface area contributed by atoms with Crippen molar-refractivity contribution >= 4 is 36.0 Å². The second-order valence-electron chi connectivity index (χ2n) is 17.6. The number of ether oxygens (including phenoxy) is 3. The number of halogens is 9. The average Bonchev–Trinajstić information content (AvgIpc) is 3.50. The molecule has 0 spiro atoms. The van der Waals surface area contributed by atoms with E-state index < -0.39 is 45.5 Å². The second-order valence-corrected chi connectivity index (χ2v) is 22.1. The summed E-state index contributed by atoms with van der Waals surface area (Å²) in [5.41, 5.74) is -4.23. The lowest BCUT2D eigenvalue weighted by atomic mass is 9.55. The van der Waals surface area contributed by atoms with E-state index in [9.17, 15) is 44.3 Å². The highest BCUT2D eigenvalue weighted by Crippen LogP contribution is 2.62. The number of carbonyl (C=O) groups is 1. The molecule has 3 aliphatic carbocycles. The molecular formula is C42H62F9N2O5PS2. The molecule has 350 valence electrons. The van der Waals surface area contributed by atoms with E-state index in [-0.39, 0.29) is 42.1 Å². The number of amides is 1. The van der Waals surface area contributed by atoms with Crippen molar-refractivity contribution in [1.82, 2.24) is 9.57 Å². The fourth-order valence-corrected chi connectivity index (χ4v) is 15.1. The number of fused-ring (bicyclic) bond motifs is 5. The first-order valence-corrected chi connectivity index (χ1v) is 25.5. The van der Waals surface area contributed by atoms with Gasteiger partial charge in [0.25, 0.3) is 0 Å². The van der Waals surface area contributed by atoms with Gasteiger partial charge < -0.3 is 23.6 Å². The zero-order chi connectivity index (χ0) is 45.0. The van der Waals surface area contributed by atoms with Crippen LogP contribution in [0, 0.1) is 17.3 Å². The molecule has 7 nitrogen and oxygen atoms in total. The minimum absolute atomic E-state index is 0.0684. The highest BCUT2D eigenvalue weighted by atomic mass is 33.1. The largest absolute Gasteiger partial charge is 0.435 e. The van der Waals surface area contributed by atoms with E-state index in [0.717, 1.165) is 68.2 Å². The van der Waals surface area contributed by atoms with Crippen LogP contribution in [-0.4, -0.2) is 108 Å². The molecule has 0 bridgehead atoms. The molecule has 0 radical (unpaired) electrons. The van der Waals surface area contributed by atoms with Crippen LogP contribution in [0.4, 0.5) is 44.3 Å². The summed E-state index contributed by atoms with van der Waals surface area (Å²) >= 11 is 0. The number of aryl methyl sites for hydroxylation is 1. The van der Waals surface area contributed by atoms with Crippen LogP contribution in [0.3, 0.4) is 0 Å². The van der Waals surface area contributed by atoms with Crippen LogP contribution in [0.1, 0.15) is 116 Å². The van der Waals surface area contributed by atoms with Crippen molar-refractivity contribution in [2.24, 2.45) is 17.3 Å². The Kier molecular flexibility index (Phi) is 17.5. The van der Waals surface area contributed by atoms with Gasteiger partial charge in [-0.1, -0.05) is 41.5 Å². The number of hydrogen-bond donors (Lipinski definition) is 0. The molecule has 5 rings (SSSR count). The molecule has 7 atom stereocenters. The Morgan fingerprint density at radius 3 is 2.18 bits per heavy atom. The Morgan fingerprint density at radius 2 is 1.57 bits per heavy atom. The zero-order valence-electron chi connectivity index (χ0n) is 35.9. The summed E-state index contributed by atoms with van der Waals surface area (Å²) in [5, 5.41) is 0. The van der Waals surface area contributed by atoms with Crippen molar-refractivity contribution in [2.75, 3.05) is 44.0 Å². The predicted octanol–water partition coefficient (Wildman–Crippen LogP) is 13.0. The maximum absolute atomic E-state index is 13.9. The quantitative estimate of drug-likeness (QED) is 0.0624. The molecule has 4 aliphatic rings. The standard InChI is InChI=1S/C42H62F9N2O5PS2/c1-7-23-59(53(27(2)3)28(4)5)57-22-8-19-52(30-17-24-60-61-26-30)37(54)58-31-11-13-32-29(25-31)10-12-34-33(32)16-18-38(6)35(34)14-15-36(38)55-20-9-21-56-39(40(43,44)45,41(46,47)48)42(49,50)51/h11,13,25,27-28,30,33-36H,7-10,12,14-24,26H2,1-6H3/t30?,33-,34-,35+,36+,38+,59?/m1/s1. The number of rotatable bonds is 18. The molecule has 2 unspecified atom stereocenters. The summed E-state index contributed by atoms with van der Waals surface area (Å²) in [4.78, 5) is 15.8. The molecular weight excluding hydrogens is 879 g/mol. The Bertz CT molecular complexity index is 1540. The fraction of sp³-hybridized carbons (Fsp3) is 0.833. The van der Waals surface area contributed by atoms with E-state index in [2.05, 4.69) is 57.0 Å². The molecule has 1 heterocycles. The van der Waals surface area contributed by atoms with E-state index in [1.165, 1.54) is 5.56 Å². The first kappa shape index (κ1) is 50.8. The molecule has 1 aromatic carbocycles. The number of alkyl halides is 9. The molecule has 3 fully saturated rings. The summed E-state index contributed by atoms with van der Waals surface area (Å²) < 4.78 is 144. The Hall–Kier alpha value is -1.17. The smallest absolute Gasteiger partial charge is 0.410 e. The van der Waals surface area contributed by atoms with Gasteiger partial charge in [-0.05, 0) is 138 Å². The Morgan fingerprint density at radius 1 is 0.885 bits per heavy atom. The maximum Gasteiger partial charge on any atom is 0.435 e. The van der Waals surface area contributed by atoms with Crippen LogP contribution < -0.4 is 4.74 Å². The number of hydrogen-bond acceptors (Lipinski definition) is 8. The minimum atomic E-state index is -6.76. The molecule has 2 saturated carbocycles. The first-order chi connectivity index (χ1) is 28.6. The molecule has 61 heavy (non-hydrogen) atoms. The van der Waals surface area contributed by atoms with Crippen molar-refractivity contribution in [2.45, 2.75) is 160 Å². The summed E-state index contributed by atoms with van der Waals surface area (Å²) in [5.74, 6) is 3.11. The van der Waals surface area contributed by atoms with Crippen LogP contribution in [0.25, 0.3) is 0 Å². The van der Waals surface area contributed by atoms with Gasteiger partial charge in [0.1, 0.15) is 14.0 Å². The first-order valence-electron chi connectivity index (χ1n) is 21.6. The zero-order valence-corrected chi connectivity index (χ0v) is 38.4. The third-order valence-corrected chi connectivity index (χ3v) is 18.3. The minimum Gasteiger partial charge on any atom is -0.410 e. The Balaban J connectivity index is 1.17. The van der Waals surface area contributed by atoms with E-state index >= 15 is 0 Å². The molecule has 19 heteroatoms. The van der Waals surface area contributed by atoms with Gasteiger partial charge in [-0.25, -0.2) is 4.79 Å². The van der Waals surface area contributed by atoms with Gasteiger partial charge in [-0.15, -0.1) is 0 Å². The van der Waals surface area contributed by atoms with Crippen LogP contribution in [0.15, 0.2) is 18.2 Å². The molecule has 0 aromatic heterocycles. The third kappa shape index (κ3) is 11.3. The molecule has 1 saturated heterocycles. The van der Waals surface area contributed by atoms with Gasteiger partial charge in [0.2, 0.25) is 0 Å². The number of nitrogens with zero attached hydrogens (tertiary/aromatic N) is 2. The van der Waals surface area contributed by atoms with E-state index in [0.29, 0.717) is 49.7 Å². The van der Waals surface area contributed by atoms with Crippen LogP contribution >= 0.6 is 29.9 Å². The highest BCUT2D eigenvalue weighted by Gasteiger charge is 2.85. The fourth-order valence-electron chi connectivity index (χ4n) is 10.3. The summed E-state index contributed by atoms with van der Waals surface area (Å²) in [6, 6.07) is 6.74. The van der Waals surface area contributed by atoms with E-state index in [1.54, 1.807) is 10.8 Å². The Labute approximate surface area is 363 Å². The van der Waals surface area contributed by atoms with Crippen molar-refractivity contribution in [1.29, 1.82) is 0 Å². The van der Waals surface area contributed by atoms with Gasteiger partial charge in [0, 0.05) is 48.9 Å². The molecule has 1 aliphatic heterocycles. The second kappa shape index (κ2) is 21.0. The van der Waals surface area contributed by atoms with Crippen LogP contribution in [0.2, 0.25) is 0 Å². The van der Waals surface area contributed by atoms with Gasteiger partial charge in [-0.3, -0.25) is 4.67 Å². The van der Waals surface area contributed by atoms with Gasteiger partial charge in [-0.2, -0.15) is 39.5 Å². The summed E-state index contributed by atoms with van der Waals surface area (Å²) in [6.07, 6.45) is -13.2. The maximum atomic E-state index is 13.9. The molecule has 0 N–H and O–H groups in total. The topological polar surface area (TPSA) is 60.5 Å². The predicted molar refractivity (Wildman–Crippen MR) is 223 cm³/mol. The normalized spacial score (nSPS) is 26.6. The van der Waals surface area contributed by atoms with E-state index in [4.69, 9.17) is 14.0 Å². The summed E-state index contributed by atoms with van der Waals surface area (Å²) in [6.45, 7) is 12.4.